The third kappa shape index (κ3) is 4.46. The molecule has 2 unspecified atom stereocenters. The van der Waals surface area contributed by atoms with E-state index >= 15 is 0 Å². The molecule has 0 aromatic heterocycles. The second-order valence-electron chi connectivity index (χ2n) is 6.18. The van der Waals surface area contributed by atoms with Crippen LogP contribution in [0.25, 0.3) is 0 Å². The van der Waals surface area contributed by atoms with Crippen molar-refractivity contribution in [3.8, 4) is 0 Å². The van der Waals surface area contributed by atoms with Gasteiger partial charge in [0.2, 0.25) is 0 Å². The van der Waals surface area contributed by atoms with Crippen LogP contribution < -0.4 is 10.2 Å². The molecule has 1 N–H and O–H groups in total. The molecule has 0 aliphatic carbocycles. The Morgan fingerprint density at radius 1 is 1.29 bits per heavy atom. The maximum atomic E-state index is 3.76. The lowest BCUT2D eigenvalue weighted by molar-refractivity contribution is 0.459. The molecule has 2 nitrogen and oxygen atoms in total. The summed E-state index contributed by atoms with van der Waals surface area (Å²) in [5.74, 6) is 0.923. The summed E-state index contributed by atoms with van der Waals surface area (Å²) in [6, 6.07) is 7.26. The van der Waals surface area contributed by atoms with Gasteiger partial charge in [0, 0.05) is 29.3 Å². The molecule has 0 radical (unpaired) electrons. The maximum absolute atomic E-state index is 3.76. The maximum Gasteiger partial charge on any atom is 0.0377 e. The van der Waals surface area contributed by atoms with E-state index in [9.17, 15) is 0 Å². The van der Waals surface area contributed by atoms with E-state index in [4.69, 9.17) is 0 Å². The zero-order chi connectivity index (χ0) is 15.2. The second-order valence-corrected chi connectivity index (χ2v) is 7.03. The van der Waals surface area contributed by atoms with E-state index in [1.807, 2.05) is 0 Å². The Morgan fingerprint density at radius 3 is 2.76 bits per heavy atom. The minimum absolute atomic E-state index is 0.395. The molecule has 2 rings (SSSR count). The molecule has 1 aromatic rings. The zero-order valence-corrected chi connectivity index (χ0v) is 15.2. The quantitative estimate of drug-likeness (QED) is 0.789. The molecule has 1 aromatic carbocycles. The average molecular weight is 353 g/mol. The van der Waals surface area contributed by atoms with Crippen molar-refractivity contribution in [3.05, 3.63) is 28.2 Å². The first-order valence-electron chi connectivity index (χ1n) is 8.43. The zero-order valence-electron chi connectivity index (χ0n) is 13.7. The highest BCUT2D eigenvalue weighted by Crippen LogP contribution is 2.30. The van der Waals surface area contributed by atoms with Crippen LogP contribution in [0.5, 0.6) is 0 Å². The molecule has 0 bridgehead atoms. The topological polar surface area (TPSA) is 15.3 Å². The summed E-state index contributed by atoms with van der Waals surface area (Å²) in [6.07, 6.45) is 5.38. The predicted molar refractivity (Wildman–Crippen MR) is 96.1 cm³/mol. The number of halogens is 1. The number of rotatable bonds is 5. The monoisotopic (exact) mass is 352 g/mol. The minimum Gasteiger partial charge on any atom is -0.371 e. The minimum atomic E-state index is 0.395. The molecule has 1 saturated heterocycles. The summed E-state index contributed by atoms with van der Waals surface area (Å²) in [7, 11) is 0. The molecular weight excluding hydrogens is 324 g/mol. The van der Waals surface area contributed by atoms with Crippen LogP contribution in [0.2, 0.25) is 0 Å². The lowest BCUT2D eigenvalue weighted by atomic mass is 9.98. The summed E-state index contributed by atoms with van der Waals surface area (Å²) in [5.41, 5.74) is 2.72. The fourth-order valence-electron chi connectivity index (χ4n) is 3.31. The number of nitrogens with one attached hydrogen (secondary N) is 1. The van der Waals surface area contributed by atoms with Crippen molar-refractivity contribution in [3.63, 3.8) is 0 Å². The standard InChI is InChI=1S/C18H29BrN2/c1-4-15-7-6-11-21(12-10-15)16-8-9-17(18(19)13-16)14(3)20-5-2/h8-9,13-15,20H,4-7,10-12H2,1-3H3. The van der Waals surface area contributed by atoms with Gasteiger partial charge in [-0.05, 0) is 56.3 Å². The van der Waals surface area contributed by atoms with E-state index in [0.717, 1.165) is 12.5 Å². The molecule has 1 heterocycles. The van der Waals surface area contributed by atoms with E-state index in [0.29, 0.717) is 6.04 Å². The van der Waals surface area contributed by atoms with Gasteiger partial charge in [-0.1, -0.05) is 42.3 Å². The first-order valence-corrected chi connectivity index (χ1v) is 9.22. The van der Waals surface area contributed by atoms with Gasteiger partial charge in [-0.15, -0.1) is 0 Å². The molecular formula is C18H29BrN2. The Labute approximate surface area is 138 Å². The normalized spacial score (nSPS) is 21.1. The lowest BCUT2D eigenvalue weighted by Crippen LogP contribution is -2.24. The Balaban J connectivity index is 2.08. The first-order chi connectivity index (χ1) is 10.2. The van der Waals surface area contributed by atoms with Gasteiger partial charge in [-0.3, -0.25) is 0 Å². The Bertz CT molecular complexity index is 447. The average Bonchev–Trinajstić information content (AvgIpc) is 2.72. The van der Waals surface area contributed by atoms with Crippen molar-refractivity contribution in [2.75, 3.05) is 24.5 Å². The highest BCUT2D eigenvalue weighted by atomic mass is 79.9. The summed E-state index contributed by atoms with van der Waals surface area (Å²) < 4.78 is 1.23. The van der Waals surface area contributed by atoms with Crippen molar-refractivity contribution in [1.29, 1.82) is 0 Å². The van der Waals surface area contributed by atoms with Gasteiger partial charge in [0.15, 0.2) is 0 Å². The Kier molecular flexibility index (Phi) is 6.56. The SMILES string of the molecule is CCNC(C)c1ccc(N2CCCC(CC)CC2)cc1Br. The van der Waals surface area contributed by atoms with Crippen LogP contribution in [-0.2, 0) is 0 Å². The van der Waals surface area contributed by atoms with Gasteiger partial charge in [0.05, 0.1) is 0 Å². The van der Waals surface area contributed by atoms with Crippen LogP contribution in [0.3, 0.4) is 0 Å². The number of nitrogens with zero attached hydrogens (tertiary/aromatic N) is 1. The first kappa shape index (κ1) is 16.8. The van der Waals surface area contributed by atoms with Crippen molar-refractivity contribution >= 4 is 21.6 Å². The lowest BCUT2D eigenvalue weighted by Gasteiger charge is -2.24. The van der Waals surface area contributed by atoms with Crippen LogP contribution >= 0.6 is 15.9 Å². The van der Waals surface area contributed by atoms with E-state index in [1.54, 1.807) is 0 Å². The van der Waals surface area contributed by atoms with E-state index < -0.39 is 0 Å². The molecule has 0 amide bonds. The fourth-order valence-corrected chi connectivity index (χ4v) is 4.02. The molecule has 0 spiro atoms. The molecule has 1 fully saturated rings. The number of hydrogen-bond acceptors (Lipinski definition) is 2. The van der Waals surface area contributed by atoms with Crippen LogP contribution in [0.4, 0.5) is 5.69 Å². The summed E-state index contributed by atoms with van der Waals surface area (Å²) in [6.45, 7) is 10.1. The smallest absolute Gasteiger partial charge is 0.0377 e. The van der Waals surface area contributed by atoms with Gasteiger partial charge >= 0.3 is 0 Å². The van der Waals surface area contributed by atoms with Crippen molar-refractivity contribution in [2.45, 2.75) is 52.5 Å². The van der Waals surface area contributed by atoms with Crippen LogP contribution in [-0.4, -0.2) is 19.6 Å². The van der Waals surface area contributed by atoms with Gasteiger partial charge in [0.25, 0.3) is 0 Å². The van der Waals surface area contributed by atoms with Crippen molar-refractivity contribution < 1.29 is 0 Å². The van der Waals surface area contributed by atoms with Gasteiger partial charge in [-0.25, -0.2) is 0 Å². The summed E-state index contributed by atoms with van der Waals surface area (Å²) in [5, 5.41) is 3.48. The van der Waals surface area contributed by atoms with E-state index in [-0.39, 0.29) is 0 Å². The number of hydrogen-bond donors (Lipinski definition) is 1. The molecule has 1 aliphatic heterocycles. The third-order valence-electron chi connectivity index (χ3n) is 4.75. The summed E-state index contributed by atoms with van der Waals surface area (Å²) >= 11 is 3.76. The largest absolute Gasteiger partial charge is 0.371 e. The van der Waals surface area contributed by atoms with Crippen LogP contribution in [0.1, 0.15) is 58.1 Å². The second kappa shape index (κ2) is 8.19. The van der Waals surface area contributed by atoms with Crippen molar-refractivity contribution in [1.82, 2.24) is 5.32 Å². The van der Waals surface area contributed by atoms with Gasteiger partial charge in [0.1, 0.15) is 0 Å². The number of benzene rings is 1. The number of anilines is 1. The highest BCUT2D eigenvalue weighted by Gasteiger charge is 2.17. The fraction of sp³-hybridized carbons (Fsp3) is 0.667. The van der Waals surface area contributed by atoms with Crippen LogP contribution in [0.15, 0.2) is 22.7 Å². The highest BCUT2D eigenvalue weighted by molar-refractivity contribution is 9.10. The molecule has 2 atom stereocenters. The molecule has 3 heteroatoms. The van der Waals surface area contributed by atoms with Crippen molar-refractivity contribution in [2.24, 2.45) is 5.92 Å². The van der Waals surface area contributed by atoms with Crippen LogP contribution in [0, 0.1) is 5.92 Å². The third-order valence-corrected chi connectivity index (χ3v) is 5.44. The van der Waals surface area contributed by atoms with E-state index in [2.05, 4.69) is 65.1 Å². The van der Waals surface area contributed by atoms with E-state index in [1.165, 1.54) is 54.5 Å². The predicted octanol–water partition coefficient (Wildman–Crippen LogP) is 5.14. The van der Waals surface area contributed by atoms with Gasteiger partial charge < -0.3 is 10.2 Å². The Hall–Kier alpha value is -0.540. The molecule has 0 saturated carbocycles. The Morgan fingerprint density at radius 2 is 2.10 bits per heavy atom. The molecule has 118 valence electrons. The summed E-state index contributed by atoms with van der Waals surface area (Å²) in [4.78, 5) is 2.56. The van der Waals surface area contributed by atoms with Gasteiger partial charge in [-0.2, -0.15) is 0 Å². The molecule has 21 heavy (non-hydrogen) atoms. The molecule has 1 aliphatic rings.